The van der Waals surface area contributed by atoms with Crippen LogP contribution in [0.25, 0.3) is 0 Å². The molecular weight excluding hydrogens is 498 g/mol. The lowest BCUT2D eigenvalue weighted by Crippen LogP contribution is -2.33. The zero-order chi connectivity index (χ0) is 25.5. The van der Waals surface area contributed by atoms with Crippen LogP contribution < -0.4 is 14.8 Å². The van der Waals surface area contributed by atoms with Crippen molar-refractivity contribution in [2.24, 2.45) is 4.99 Å². The van der Waals surface area contributed by atoms with Gasteiger partial charge in [-0.15, -0.1) is 0 Å². The molecule has 1 N–H and O–H groups in total. The first-order valence-corrected chi connectivity index (χ1v) is 12.7. The number of thioether (sulfide) groups is 1. The van der Waals surface area contributed by atoms with Crippen molar-refractivity contribution in [1.82, 2.24) is 4.90 Å². The first-order valence-electron chi connectivity index (χ1n) is 11.4. The van der Waals surface area contributed by atoms with Crippen molar-refractivity contribution in [2.75, 3.05) is 19.0 Å². The maximum Gasteiger partial charge on any atom is 0.242 e. The molecule has 9 heteroatoms. The number of nitrogens with zero attached hydrogens (tertiary/aromatic N) is 2. The van der Waals surface area contributed by atoms with Gasteiger partial charge in [0.15, 0.2) is 5.17 Å². The first-order chi connectivity index (χ1) is 17.5. The van der Waals surface area contributed by atoms with Crippen LogP contribution in [0.4, 0.5) is 11.4 Å². The smallest absolute Gasteiger partial charge is 0.242 e. The summed E-state index contributed by atoms with van der Waals surface area (Å²) >= 11 is 7.64. The Bertz CT molecular complexity index is 1270. The Morgan fingerprint density at radius 1 is 1.08 bits per heavy atom. The average molecular weight is 524 g/mol. The van der Waals surface area contributed by atoms with Crippen LogP contribution >= 0.6 is 23.4 Å². The van der Waals surface area contributed by atoms with Gasteiger partial charge in [-0.25, -0.2) is 4.99 Å². The van der Waals surface area contributed by atoms with Gasteiger partial charge in [-0.1, -0.05) is 47.6 Å². The lowest BCUT2D eigenvalue weighted by Gasteiger charge is -2.17. The number of benzene rings is 3. The van der Waals surface area contributed by atoms with Crippen LogP contribution in [0.2, 0.25) is 5.02 Å². The Hall–Kier alpha value is -3.49. The highest BCUT2D eigenvalue weighted by molar-refractivity contribution is 8.15. The number of amides is 2. The van der Waals surface area contributed by atoms with Crippen LogP contribution in [0.15, 0.2) is 77.8 Å². The molecule has 36 heavy (non-hydrogen) atoms. The predicted octanol–water partition coefficient (Wildman–Crippen LogP) is 5.91. The minimum absolute atomic E-state index is 0.00299. The Balaban J connectivity index is 1.53. The monoisotopic (exact) mass is 523 g/mol. The normalized spacial score (nSPS) is 16.3. The summed E-state index contributed by atoms with van der Waals surface area (Å²) in [5.41, 5.74) is 2.09. The number of nitrogens with one attached hydrogen (secondary N) is 1. The fraction of sp³-hybridized carbons (Fsp3) is 0.222. The molecule has 7 nitrogen and oxygen atoms in total. The van der Waals surface area contributed by atoms with E-state index in [1.807, 2.05) is 43.3 Å². The van der Waals surface area contributed by atoms with Gasteiger partial charge < -0.3 is 14.8 Å². The lowest BCUT2D eigenvalue weighted by atomic mass is 10.2. The van der Waals surface area contributed by atoms with E-state index in [2.05, 4.69) is 5.32 Å². The molecule has 3 aromatic carbocycles. The summed E-state index contributed by atoms with van der Waals surface area (Å²) in [6.07, 6.45) is 0.00299. The van der Waals surface area contributed by atoms with Crippen LogP contribution in [0, 0.1) is 0 Å². The van der Waals surface area contributed by atoms with Crippen molar-refractivity contribution in [3.8, 4) is 11.5 Å². The second kappa shape index (κ2) is 12.0. The number of ether oxygens (including phenoxy) is 2. The van der Waals surface area contributed by atoms with Crippen molar-refractivity contribution >= 4 is 51.7 Å². The van der Waals surface area contributed by atoms with Gasteiger partial charge in [-0.05, 0) is 55.0 Å². The maximum atomic E-state index is 13.4. The highest BCUT2D eigenvalue weighted by Gasteiger charge is 2.39. The highest BCUT2D eigenvalue weighted by atomic mass is 35.5. The van der Waals surface area contributed by atoms with E-state index in [1.165, 1.54) is 11.8 Å². The maximum absolute atomic E-state index is 13.4. The summed E-state index contributed by atoms with van der Waals surface area (Å²) in [6.45, 7) is 2.69. The van der Waals surface area contributed by atoms with E-state index in [-0.39, 0.29) is 24.8 Å². The fourth-order valence-electron chi connectivity index (χ4n) is 3.65. The molecule has 0 radical (unpaired) electrons. The molecule has 1 saturated heterocycles. The summed E-state index contributed by atoms with van der Waals surface area (Å²) in [6, 6.07) is 21.8. The van der Waals surface area contributed by atoms with Crippen molar-refractivity contribution in [3.05, 3.63) is 83.4 Å². The molecule has 2 amide bonds. The van der Waals surface area contributed by atoms with E-state index in [4.69, 9.17) is 26.1 Å². The minimum Gasteiger partial charge on any atom is -0.497 e. The molecule has 0 unspecified atom stereocenters. The van der Waals surface area contributed by atoms with E-state index in [1.54, 1.807) is 48.4 Å². The van der Waals surface area contributed by atoms with Crippen LogP contribution in [0.5, 0.6) is 11.5 Å². The lowest BCUT2D eigenvalue weighted by molar-refractivity contribution is -0.128. The second-order valence-corrected chi connectivity index (χ2v) is 9.50. The minimum atomic E-state index is -0.612. The van der Waals surface area contributed by atoms with Gasteiger partial charge in [0, 0.05) is 23.2 Å². The number of anilines is 1. The molecule has 1 aliphatic heterocycles. The van der Waals surface area contributed by atoms with Crippen LogP contribution in [-0.2, 0) is 16.1 Å². The van der Waals surface area contributed by atoms with Gasteiger partial charge in [0.25, 0.3) is 0 Å². The summed E-state index contributed by atoms with van der Waals surface area (Å²) < 4.78 is 10.7. The third-order valence-electron chi connectivity index (χ3n) is 5.40. The van der Waals surface area contributed by atoms with Crippen molar-refractivity contribution in [2.45, 2.75) is 25.1 Å². The molecule has 0 aliphatic carbocycles. The summed E-state index contributed by atoms with van der Waals surface area (Å²) in [4.78, 5) is 32.5. The quantitative estimate of drug-likeness (QED) is 0.377. The summed E-state index contributed by atoms with van der Waals surface area (Å²) in [5.74, 6) is 0.926. The Morgan fingerprint density at radius 3 is 2.58 bits per heavy atom. The van der Waals surface area contributed by atoms with E-state index >= 15 is 0 Å². The molecule has 0 bridgehead atoms. The molecule has 186 valence electrons. The zero-order valence-electron chi connectivity index (χ0n) is 19.9. The van der Waals surface area contributed by atoms with Gasteiger partial charge in [-0.2, -0.15) is 0 Å². The SMILES string of the molecule is CCOc1cccc(NC(=O)C[C@@H]2SC(=Nc3ccc(OC)cc3)N(Cc3ccccc3Cl)C2=O)c1. The fourth-order valence-corrected chi connectivity index (χ4v) is 5.00. The largest absolute Gasteiger partial charge is 0.497 e. The molecule has 1 aliphatic rings. The Kier molecular flexibility index (Phi) is 8.51. The van der Waals surface area contributed by atoms with Gasteiger partial charge >= 0.3 is 0 Å². The average Bonchev–Trinajstić information content (AvgIpc) is 3.15. The molecule has 0 aromatic heterocycles. The number of amidine groups is 1. The molecule has 0 saturated carbocycles. The standard InChI is InChI=1S/C27H26ClN3O4S/c1-3-35-22-9-6-8-20(15-22)29-25(32)16-24-26(33)31(17-18-7-4-5-10-23(18)28)27(36-24)30-19-11-13-21(34-2)14-12-19/h4-15,24H,3,16-17H2,1-2H3,(H,29,32)/t24-/m0/s1. The van der Waals surface area contributed by atoms with E-state index in [9.17, 15) is 9.59 Å². The molecule has 1 fully saturated rings. The number of methoxy groups -OCH3 is 1. The Labute approximate surface area is 219 Å². The molecule has 3 aromatic rings. The molecule has 4 rings (SSSR count). The van der Waals surface area contributed by atoms with Crippen LogP contribution in [0.1, 0.15) is 18.9 Å². The van der Waals surface area contributed by atoms with Crippen molar-refractivity contribution < 1.29 is 19.1 Å². The summed E-state index contributed by atoms with van der Waals surface area (Å²) in [5, 5.41) is 3.33. The zero-order valence-corrected chi connectivity index (χ0v) is 21.5. The molecule has 0 spiro atoms. The molecule has 1 atom stereocenters. The highest BCUT2D eigenvalue weighted by Crippen LogP contribution is 2.34. The third kappa shape index (κ3) is 6.38. The van der Waals surface area contributed by atoms with Gasteiger partial charge in [0.2, 0.25) is 11.8 Å². The number of hydrogen-bond donors (Lipinski definition) is 1. The first kappa shape index (κ1) is 25.6. The predicted molar refractivity (Wildman–Crippen MR) is 144 cm³/mol. The van der Waals surface area contributed by atoms with Crippen molar-refractivity contribution in [1.29, 1.82) is 0 Å². The molecular formula is C27H26ClN3O4S. The number of carbonyl (C=O) groups is 2. The summed E-state index contributed by atoms with van der Waals surface area (Å²) in [7, 11) is 1.60. The topological polar surface area (TPSA) is 80.2 Å². The van der Waals surface area contributed by atoms with Gasteiger partial charge in [-0.3, -0.25) is 14.5 Å². The number of carbonyl (C=O) groups excluding carboxylic acids is 2. The van der Waals surface area contributed by atoms with Crippen LogP contribution in [-0.4, -0.2) is 40.8 Å². The van der Waals surface area contributed by atoms with E-state index < -0.39 is 5.25 Å². The second-order valence-electron chi connectivity index (χ2n) is 7.93. The Morgan fingerprint density at radius 2 is 1.86 bits per heavy atom. The van der Waals surface area contributed by atoms with Gasteiger partial charge in [0.1, 0.15) is 16.7 Å². The van der Waals surface area contributed by atoms with Gasteiger partial charge in [0.05, 0.1) is 25.9 Å². The molecule has 1 heterocycles. The van der Waals surface area contributed by atoms with Crippen molar-refractivity contribution in [3.63, 3.8) is 0 Å². The van der Waals surface area contributed by atoms with E-state index in [0.29, 0.717) is 39.7 Å². The van der Waals surface area contributed by atoms with E-state index in [0.717, 1.165) is 5.56 Å². The number of rotatable bonds is 9. The number of halogens is 1. The number of aliphatic imine (C=N–C) groups is 1. The van der Waals surface area contributed by atoms with Crippen LogP contribution in [0.3, 0.4) is 0 Å². The number of hydrogen-bond acceptors (Lipinski definition) is 6. The third-order valence-corrected chi connectivity index (χ3v) is 6.95.